The van der Waals surface area contributed by atoms with E-state index in [1.165, 1.54) is 18.3 Å². The van der Waals surface area contributed by atoms with E-state index in [4.69, 9.17) is 0 Å². The third kappa shape index (κ3) is 4.87. The smallest absolute Gasteiger partial charge is 0.375 e. The first-order valence-electron chi connectivity index (χ1n) is 7.10. The minimum absolute atomic E-state index is 0.195. The van der Waals surface area contributed by atoms with E-state index in [9.17, 15) is 18.0 Å². The molecule has 0 saturated carbocycles. The van der Waals surface area contributed by atoms with E-state index in [1.807, 2.05) is 14.1 Å². The highest BCUT2D eigenvalue weighted by Gasteiger charge is 2.27. The number of hydrogen-bond acceptors (Lipinski definition) is 4. The summed E-state index contributed by atoms with van der Waals surface area (Å²) in [7, 11) is 3.65. The second kappa shape index (κ2) is 7.20. The van der Waals surface area contributed by atoms with Crippen molar-refractivity contribution in [3.8, 4) is 0 Å². The predicted octanol–water partition coefficient (Wildman–Crippen LogP) is 3.37. The number of nitrogens with zero attached hydrogens (tertiary/aromatic N) is 2. The van der Waals surface area contributed by atoms with Gasteiger partial charge in [0.1, 0.15) is 12.4 Å². The molecule has 0 saturated heterocycles. The van der Waals surface area contributed by atoms with Crippen molar-refractivity contribution in [2.75, 3.05) is 36.2 Å². The van der Waals surface area contributed by atoms with Gasteiger partial charge in [0.25, 0.3) is 5.91 Å². The lowest BCUT2D eigenvalue weighted by Crippen LogP contribution is -2.22. The van der Waals surface area contributed by atoms with Crippen LogP contribution in [0.1, 0.15) is 10.4 Å². The Morgan fingerprint density at radius 3 is 2.33 bits per heavy atom. The fourth-order valence-electron chi connectivity index (χ4n) is 1.92. The van der Waals surface area contributed by atoms with Crippen molar-refractivity contribution in [2.45, 2.75) is 6.18 Å². The van der Waals surface area contributed by atoms with Gasteiger partial charge in [-0.2, -0.15) is 13.2 Å². The number of amides is 1. The van der Waals surface area contributed by atoms with Crippen molar-refractivity contribution in [1.29, 1.82) is 0 Å². The Morgan fingerprint density at radius 1 is 1.12 bits per heavy atom. The van der Waals surface area contributed by atoms with Crippen LogP contribution >= 0.6 is 0 Å². The molecule has 0 aliphatic heterocycles. The number of rotatable bonds is 5. The Hall–Kier alpha value is -2.77. The average Bonchev–Trinajstić information content (AvgIpc) is 2.53. The third-order valence-corrected chi connectivity index (χ3v) is 3.12. The maximum absolute atomic E-state index is 12.3. The molecule has 1 heterocycles. The maximum atomic E-state index is 12.3. The number of halogens is 3. The molecule has 5 nitrogen and oxygen atoms in total. The second-order valence-electron chi connectivity index (χ2n) is 5.27. The Kier molecular flexibility index (Phi) is 5.28. The number of anilines is 3. The molecule has 0 radical (unpaired) electrons. The fourth-order valence-corrected chi connectivity index (χ4v) is 1.92. The molecule has 1 amide bonds. The van der Waals surface area contributed by atoms with Gasteiger partial charge in [-0.25, -0.2) is 4.98 Å². The largest absolute Gasteiger partial charge is 0.405 e. The summed E-state index contributed by atoms with van der Waals surface area (Å²) in [5.41, 5.74) is 0.774. The number of benzene rings is 1. The van der Waals surface area contributed by atoms with Gasteiger partial charge in [0.2, 0.25) is 0 Å². The molecule has 2 rings (SSSR count). The van der Waals surface area contributed by atoms with Crippen molar-refractivity contribution in [2.24, 2.45) is 0 Å². The lowest BCUT2D eigenvalue weighted by molar-refractivity contribution is -0.115. The van der Waals surface area contributed by atoms with Crippen molar-refractivity contribution < 1.29 is 18.0 Å². The van der Waals surface area contributed by atoms with Crippen LogP contribution in [0.2, 0.25) is 0 Å². The van der Waals surface area contributed by atoms with Crippen LogP contribution in [0.5, 0.6) is 0 Å². The van der Waals surface area contributed by atoms with Crippen LogP contribution in [0.4, 0.5) is 30.4 Å². The summed E-state index contributed by atoms with van der Waals surface area (Å²) in [6.45, 7) is -1.18. The fraction of sp³-hybridized carbons (Fsp3) is 0.250. The van der Waals surface area contributed by atoms with Gasteiger partial charge < -0.3 is 15.5 Å². The number of alkyl halides is 3. The molecule has 0 atom stereocenters. The molecule has 2 aromatic rings. The molecule has 24 heavy (non-hydrogen) atoms. The first-order valence-corrected chi connectivity index (χ1v) is 7.10. The number of hydrogen-bond donors (Lipinski definition) is 2. The van der Waals surface area contributed by atoms with Crippen LogP contribution in [0.3, 0.4) is 0 Å². The highest BCUT2D eigenvalue weighted by atomic mass is 19.4. The van der Waals surface area contributed by atoms with Gasteiger partial charge in [-0.1, -0.05) is 12.1 Å². The van der Waals surface area contributed by atoms with E-state index in [0.29, 0.717) is 11.4 Å². The van der Waals surface area contributed by atoms with E-state index in [1.54, 1.807) is 29.2 Å². The minimum atomic E-state index is -4.34. The second-order valence-corrected chi connectivity index (χ2v) is 5.27. The lowest BCUT2D eigenvalue weighted by Gasteiger charge is -2.15. The molecule has 1 aromatic heterocycles. The van der Waals surface area contributed by atoms with Gasteiger partial charge in [0.15, 0.2) is 0 Å². The molecular formula is C16H17F3N4O. The maximum Gasteiger partial charge on any atom is 0.405 e. The minimum Gasteiger partial charge on any atom is -0.375 e. The molecule has 0 bridgehead atoms. The van der Waals surface area contributed by atoms with Crippen LogP contribution in [-0.2, 0) is 0 Å². The average molecular weight is 338 g/mol. The summed E-state index contributed by atoms with van der Waals surface area (Å²) in [5.74, 6) is 0.243. The molecule has 1 aromatic carbocycles. The monoisotopic (exact) mass is 338 g/mol. The summed E-state index contributed by atoms with van der Waals surface area (Å²) in [6, 6.07) is 9.49. The van der Waals surface area contributed by atoms with Crippen LogP contribution in [0.15, 0.2) is 42.6 Å². The molecule has 0 unspecified atom stereocenters. The molecular weight excluding hydrogens is 321 g/mol. The zero-order valence-electron chi connectivity index (χ0n) is 13.2. The van der Waals surface area contributed by atoms with Crippen LogP contribution in [-0.4, -0.2) is 37.7 Å². The summed E-state index contributed by atoms with van der Waals surface area (Å²) in [4.78, 5) is 18.2. The number of nitrogens with one attached hydrogen (secondary N) is 2. The van der Waals surface area contributed by atoms with Gasteiger partial charge >= 0.3 is 6.18 Å². The number of aromatic nitrogens is 1. The van der Waals surface area contributed by atoms with Crippen molar-refractivity contribution in [3.63, 3.8) is 0 Å². The Bertz CT molecular complexity index is 699. The molecule has 2 N–H and O–H groups in total. The van der Waals surface area contributed by atoms with E-state index in [2.05, 4.69) is 15.6 Å². The third-order valence-electron chi connectivity index (χ3n) is 3.12. The molecule has 0 spiro atoms. The highest BCUT2D eigenvalue weighted by molar-refractivity contribution is 6.05. The summed E-state index contributed by atoms with van der Waals surface area (Å²) in [6.07, 6.45) is -2.93. The van der Waals surface area contributed by atoms with E-state index >= 15 is 0 Å². The first-order chi connectivity index (χ1) is 11.3. The van der Waals surface area contributed by atoms with Crippen molar-refractivity contribution >= 4 is 23.1 Å². The highest BCUT2D eigenvalue weighted by Crippen LogP contribution is 2.24. The number of carbonyl (C=O) groups is 1. The Labute approximate surface area is 137 Å². The standard InChI is InChI=1S/C16H17F3N4O/c1-23(2)14-8-7-11(9-20-14)15(24)22-13-6-4-3-5-12(13)21-10-16(17,18)19/h3-9,21H,10H2,1-2H3,(H,22,24). The molecule has 128 valence electrons. The Morgan fingerprint density at radius 2 is 1.79 bits per heavy atom. The normalized spacial score (nSPS) is 11.0. The van der Waals surface area contributed by atoms with E-state index < -0.39 is 18.6 Å². The van der Waals surface area contributed by atoms with E-state index in [0.717, 1.165) is 0 Å². The summed E-state index contributed by atoms with van der Waals surface area (Å²) in [5, 5.41) is 4.86. The van der Waals surface area contributed by atoms with E-state index in [-0.39, 0.29) is 11.4 Å². The summed E-state index contributed by atoms with van der Waals surface area (Å²) >= 11 is 0. The van der Waals surface area contributed by atoms with Gasteiger partial charge in [-0.05, 0) is 24.3 Å². The molecule has 0 aliphatic carbocycles. The number of carbonyl (C=O) groups excluding carboxylic acids is 1. The van der Waals surface area contributed by atoms with Crippen molar-refractivity contribution in [3.05, 3.63) is 48.2 Å². The SMILES string of the molecule is CN(C)c1ccc(C(=O)Nc2ccccc2NCC(F)(F)F)cn1. The Balaban J connectivity index is 2.11. The molecule has 8 heteroatoms. The van der Waals surface area contributed by atoms with Crippen LogP contribution < -0.4 is 15.5 Å². The lowest BCUT2D eigenvalue weighted by atomic mass is 10.2. The topological polar surface area (TPSA) is 57.3 Å². The molecule has 0 aliphatic rings. The summed E-state index contributed by atoms with van der Waals surface area (Å²) < 4.78 is 37.0. The van der Waals surface area contributed by atoms with Gasteiger partial charge in [0.05, 0.1) is 16.9 Å². The van der Waals surface area contributed by atoms with Gasteiger partial charge in [0, 0.05) is 20.3 Å². The molecule has 0 fully saturated rings. The predicted molar refractivity (Wildman–Crippen MR) is 87.5 cm³/mol. The van der Waals surface area contributed by atoms with Crippen LogP contribution in [0.25, 0.3) is 0 Å². The zero-order valence-corrected chi connectivity index (χ0v) is 13.2. The van der Waals surface area contributed by atoms with Crippen molar-refractivity contribution in [1.82, 2.24) is 4.98 Å². The number of para-hydroxylation sites is 2. The number of pyridine rings is 1. The first kappa shape index (κ1) is 17.6. The zero-order chi connectivity index (χ0) is 17.7. The van der Waals surface area contributed by atoms with Gasteiger partial charge in [-0.3, -0.25) is 4.79 Å². The van der Waals surface area contributed by atoms with Crippen LogP contribution in [0, 0.1) is 0 Å². The quantitative estimate of drug-likeness (QED) is 0.878. The van der Waals surface area contributed by atoms with Gasteiger partial charge in [-0.15, -0.1) is 0 Å².